The summed E-state index contributed by atoms with van der Waals surface area (Å²) >= 11 is 0. The first-order chi connectivity index (χ1) is 11.7. The van der Waals surface area contributed by atoms with Crippen LogP contribution in [0.1, 0.15) is 66.9 Å². The summed E-state index contributed by atoms with van der Waals surface area (Å²) < 4.78 is 0. The summed E-state index contributed by atoms with van der Waals surface area (Å²) in [6, 6.07) is 9.81. The number of amides is 2. The number of nitrogens with zero attached hydrogens (tertiary/aromatic N) is 2. The van der Waals surface area contributed by atoms with Gasteiger partial charge in [-0.25, -0.2) is 9.98 Å². The van der Waals surface area contributed by atoms with Crippen LogP contribution in [0.4, 0.5) is 0 Å². The Labute approximate surface area is 152 Å². The Morgan fingerprint density at radius 1 is 0.880 bits per heavy atom. The second-order valence-electron chi connectivity index (χ2n) is 6.67. The SMILES string of the molecule is CC=NC(=O)C(C)(C)CC.CC=NC(=O)C(C)(CC)c1ccccc1. The summed E-state index contributed by atoms with van der Waals surface area (Å²) in [6.45, 7) is 13.3. The number of benzene rings is 1. The van der Waals surface area contributed by atoms with E-state index in [9.17, 15) is 9.59 Å². The van der Waals surface area contributed by atoms with E-state index in [2.05, 4.69) is 9.98 Å². The van der Waals surface area contributed by atoms with Gasteiger partial charge in [0.1, 0.15) is 0 Å². The highest BCUT2D eigenvalue weighted by Gasteiger charge is 2.32. The van der Waals surface area contributed by atoms with E-state index in [0.29, 0.717) is 0 Å². The average molecular weight is 344 g/mol. The van der Waals surface area contributed by atoms with Crippen molar-refractivity contribution < 1.29 is 9.59 Å². The summed E-state index contributed by atoms with van der Waals surface area (Å²) in [7, 11) is 0. The normalized spacial score (nSPS) is 14.0. The van der Waals surface area contributed by atoms with Gasteiger partial charge in [0.2, 0.25) is 0 Å². The molecule has 138 valence electrons. The molecule has 0 saturated carbocycles. The Kier molecular flexibility index (Phi) is 9.80. The zero-order valence-electron chi connectivity index (χ0n) is 16.7. The highest BCUT2D eigenvalue weighted by molar-refractivity contribution is 5.93. The van der Waals surface area contributed by atoms with Gasteiger partial charge < -0.3 is 0 Å². The van der Waals surface area contributed by atoms with E-state index >= 15 is 0 Å². The van der Waals surface area contributed by atoms with Crippen LogP contribution in [0.2, 0.25) is 0 Å². The van der Waals surface area contributed by atoms with E-state index in [4.69, 9.17) is 0 Å². The van der Waals surface area contributed by atoms with Gasteiger partial charge in [0, 0.05) is 17.8 Å². The topological polar surface area (TPSA) is 58.9 Å². The summed E-state index contributed by atoms with van der Waals surface area (Å²) in [5, 5.41) is 0. The molecule has 0 aliphatic heterocycles. The second kappa shape index (κ2) is 10.7. The highest BCUT2D eigenvalue weighted by Crippen LogP contribution is 2.28. The van der Waals surface area contributed by atoms with Crippen LogP contribution in [0, 0.1) is 5.41 Å². The Hall–Kier alpha value is -2.10. The van der Waals surface area contributed by atoms with Crippen molar-refractivity contribution in [3.8, 4) is 0 Å². The lowest BCUT2D eigenvalue weighted by Crippen LogP contribution is -2.30. The Morgan fingerprint density at radius 2 is 1.36 bits per heavy atom. The third kappa shape index (κ3) is 6.73. The number of carbonyl (C=O) groups is 2. The molecule has 0 aromatic heterocycles. The standard InChI is InChI=1S/C13H17NO.C8H15NO/c1-4-13(3,12(15)14-5-2)11-9-7-6-8-10-11;1-5-8(3,4)7(10)9-6-2/h5-10H,4H2,1-3H3;6H,5H2,1-4H3. The van der Waals surface area contributed by atoms with E-state index in [1.165, 1.54) is 0 Å². The fraction of sp³-hybridized carbons (Fsp3) is 0.524. The molecule has 0 fully saturated rings. The van der Waals surface area contributed by atoms with Gasteiger partial charge in [-0.05, 0) is 39.2 Å². The summed E-state index contributed by atoms with van der Waals surface area (Å²) in [5.74, 6) is -0.101. The largest absolute Gasteiger partial charge is 0.272 e. The van der Waals surface area contributed by atoms with Crippen molar-refractivity contribution in [1.29, 1.82) is 0 Å². The minimum atomic E-state index is -0.492. The maximum absolute atomic E-state index is 11.9. The number of carbonyl (C=O) groups excluding carboxylic acids is 2. The second-order valence-corrected chi connectivity index (χ2v) is 6.67. The van der Waals surface area contributed by atoms with E-state index in [1.54, 1.807) is 26.3 Å². The lowest BCUT2D eigenvalue weighted by Gasteiger charge is -2.24. The van der Waals surface area contributed by atoms with Gasteiger partial charge in [0.05, 0.1) is 5.41 Å². The van der Waals surface area contributed by atoms with Gasteiger partial charge in [-0.2, -0.15) is 0 Å². The highest BCUT2D eigenvalue weighted by atomic mass is 16.2. The van der Waals surface area contributed by atoms with Crippen molar-refractivity contribution in [2.75, 3.05) is 0 Å². The monoisotopic (exact) mass is 344 g/mol. The van der Waals surface area contributed by atoms with Gasteiger partial charge in [-0.15, -0.1) is 0 Å². The van der Waals surface area contributed by atoms with Crippen molar-refractivity contribution in [3.63, 3.8) is 0 Å². The fourth-order valence-corrected chi connectivity index (χ4v) is 1.99. The van der Waals surface area contributed by atoms with E-state index < -0.39 is 5.41 Å². The van der Waals surface area contributed by atoms with Gasteiger partial charge in [0.25, 0.3) is 11.8 Å². The first-order valence-electron chi connectivity index (χ1n) is 8.81. The molecule has 0 aliphatic carbocycles. The number of hydrogen-bond acceptors (Lipinski definition) is 2. The van der Waals surface area contributed by atoms with Crippen LogP contribution in [0.5, 0.6) is 0 Å². The lowest BCUT2D eigenvalue weighted by molar-refractivity contribution is -0.125. The van der Waals surface area contributed by atoms with Crippen LogP contribution in [-0.2, 0) is 15.0 Å². The van der Waals surface area contributed by atoms with Crippen LogP contribution < -0.4 is 0 Å². The molecule has 4 heteroatoms. The molecule has 0 bridgehead atoms. The maximum atomic E-state index is 11.9. The molecule has 0 aliphatic rings. The molecule has 1 rings (SSSR count). The molecule has 1 aromatic carbocycles. The predicted octanol–water partition coefficient (Wildman–Crippen LogP) is 5.01. The van der Waals surface area contributed by atoms with E-state index in [0.717, 1.165) is 18.4 Å². The van der Waals surface area contributed by atoms with Gasteiger partial charge in [-0.3, -0.25) is 9.59 Å². The van der Waals surface area contributed by atoms with Gasteiger partial charge in [0.15, 0.2) is 0 Å². The van der Waals surface area contributed by atoms with Crippen molar-refractivity contribution in [1.82, 2.24) is 0 Å². The molecule has 1 aromatic rings. The zero-order chi connectivity index (χ0) is 19.5. The molecule has 0 heterocycles. The van der Waals surface area contributed by atoms with Gasteiger partial charge >= 0.3 is 0 Å². The third-order valence-electron chi connectivity index (χ3n) is 4.55. The first kappa shape index (κ1) is 22.9. The number of hydrogen-bond donors (Lipinski definition) is 0. The van der Waals surface area contributed by atoms with Crippen molar-refractivity contribution >= 4 is 24.2 Å². The van der Waals surface area contributed by atoms with E-state index in [-0.39, 0.29) is 17.2 Å². The van der Waals surface area contributed by atoms with Crippen molar-refractivity contribution in [2.45, 2.75) is 66.7 Å². The average Bonchev–Trinajstić information content (AvgIpc) is 2.62. The van der Waals surface area contributed by atoms with Crippen LogP contribution in [0.15, 0.2) is 40.3 Å². The van der Waals surface area contributed by atoms with E-state index in [1.807, 2.05) is 65.0 Å². The third-order valence-corrected chi connectivity index (χ3v) is 4.55. The molecular formula is C21H32N2O2. The zero-order valence-corrected chi connectivity index (χ0v) is 16.7. The fourth-order valence-electron chi connectivity index (χ4n) is 1.99. The minimum absolute atomic E-state index is 0.0301. The number of rotatable bonds is 5. The van der Waals surface area contributed by atoms with Crippen LogP contribution in [0.25, 0.3) is 0 Å². The molecule has 0 spiro atoms. The van der Waals surface area contributed by atoms with Gasteiger partial charge in [-0.1, -0.05) is 58.0 Å². The molecule has 0 saturated heterocycles. The Bertz CT molecular complexity index is 604. The van der Waals surface area contributed by atoms with Crippen LogP contribution in [0.3, 0.4) is 0 Å². The minimum Gasteiger partial charge on any atom is -0.272 e. The summed E-state index contributed by atoms with van der Waals surface area (Å²) in [5.41, 5.74) is 0.253. The van der Waals surface area contributed by atoms with Crippen molar-refractivity contribution in [3.05, 3.63) is 35.9 Å². The van der Waals surface area contributed by atoms with Crippen LogP contribution >= 0.6 is 0 Å². The quantitative estimate of drug-likeness (QED) is 0.705. The smallest absolute Gasteiger partial charge is 0.255 e. The molecule has 4 nitrogen and oxygen atoms in total. The molecule has 2 amide bonds. The van der Waals surface area contributed by atoms with Crippen molar-refractivity contribution in [2.24, 2.45) is 15.4 Å². The summed E-state index contributed by atoms with van der Waals surface area (Å²) in [4.78, 5) is 30.6. The Morgan fingerprint density at radius 3 is 1.76 bits per heavy atom. The molecule has 0 radical (unpaired) electrons. The summed E-state index contributed by atoms with van der Waals surface area (Å²) in [6.07, 6.45) is 4.69. The maximum Gasteiger partial charge on any atom is 0.255 e. The number of aliphatic imine (C=N–C) groups is 2. The van der Waals surface area contributed by atoms with Crippen LogP contribution in [-0.4, -0.2) is 24.2 Å². The first-order valence-corrected chi connectivity index (χ1v) is 8.81. The molecule has 1 atom stereocenters. The molecule has 1 unspecified atom stereocenters. The molecule has 25 heavy (non-hydrogen) atoms. The lowest BCUT2D eigenvalue weighted by atomic mass is 9.79. The molecule has 0 N–H and O–H groups in total. The predicted molar refractivity (Wildman–Crippen MR) is 107 cm³/mol. The Balaban J connectivity index is 0.000000504. The molecular weight excluding hydrogens is 312 g/mol.